The van der Waals surface area contributed by atoms with E-state index < -0.39 is 12.2 Å². The van der Waals surface area contributed by atoms with Crippen LogP contribution in [-0.4, -0.2) is 83.6 Å². The minimum absolute atomic E-state index is 0.0932. The highest BCUT2D eigenvalue weighted by Gasteiger charge is 2.37. The quantitative estimate of drug-likeness (QED) is 0.839. The van der Waals surface area contributed by atoms with Gasteiger partial charge in [-0.25, -0.2) is 0 Å². The standard InChI is InChI=1S/C19H28N2O4/c1-13-5-3-4-6-15(13)19(24)21-9-7-14(8-10-21)20(2)16-11-25-12-17(22)18(16)23/h3-6,14,16-18,22-23H,7-12H2,1-2H3/t16-,17-,18+/m1/s1. The predicted molar refractivity (Wildman–Crippen MR) is 94.5 cm³/mol. The van der Waals surface area contributed by atoms with E-state index in [9.17, 15) is 15.0 Å². The zero-order valence-corrected chi connectivity index (χ0v) is 15.0. The third-order valence-corrected chi connectivity index (χ3v) is 5.59. The summed E-state index contributed by atoms with van der Waals surface area (Å²) in [4.78, 5) is 16.7. The van der Waals surface area contributed by atoms with E-state index in [-0.39, 0.29) is 24.6 Å². The van der Waals surface area contributed by atoms with Gasteiger partial charge in [0.2, 0.25) is 0 Å². The molecule has 25 heavy (non-hydrogen) atoms. The van der Waals surface area contributed by atoms with Crippen LogP contribution in [0.15, 0.2) is 24.3 Å². The van der Waals surface area contributed by atoms with E-state index in [2.05, 4.69) is 4.90 Å². The maximum absolute atomic E-state index is 12.7. The fourth-order valence-corrected chi connectivity index (χ4v) is 3.85. The molecule has 138 valence electrons. The summed E-state index contributed by atoms with van der Waals surface area (Å²) in [5.74, 6) is 0.0932. The molecule has 3 rings (SSSR count). The molecule has 0 aromatic heterocycles. The Bertz CT molecular complexity index is 601. The molecule has 1 aromatic rings. The zero-order valence-electron chi connectivity index (χ0n) is 15.0. The number of hydrogen-bond donors (Lipinski definition) is 2. The van der Waals surface area contributed by atoms with Gasteiger partial charge in [0.25, 0.3) is 5.91 Å². The first kappa shape index (κ1) is 18.3. The van der Waals surface area contributed by atoms with Gasteiger partial charge in [-0.15, -0.1) is 0 Å². The predicted octanol–water partition coefficient (Wildman–Crippen LogP) is 0.652. The molecule has 2 aliphatic rings. The van der Waals surface area contributed by atoms with Gasteiger partial charge in [0.15, 0.2) is 0 Å². The van der Waals surface area contributed by atoms with Crippen LogP contribution in [0, 0.1) is 6.92 Å². The number of likely N-dealkylation sites (N-methyl/N-ethyl adjacent to an activating group) is 1. The van der Waals surface area contributed by atoms with Crippen molar-refractivity contribution in [2.45, 2.75) is 44.1 Å². The number of benzene rings is 1. The molecular weight excluding hydrogens is 320 g/mol. The van der Waals surface area contributed by atoms with Gasteiger partial charge in [-0.05, 0) is 38.4 Å². The van der Waals surface area contributed by atoms with E-state index in [4.69, 9.17) is 4.74 Å². The van der Waals surface area contributed by atoms with Crippen molar-refractivity contribution in [2.24, 2.45) is 0 Å². The summed E-state index contributed by atoms with van der Waals surface area (Å²) in [6.07, 6.45) is 0.0928. The lowest BCUT2D eigenvalue weighted by Crippen LogP contribution is -2.58. The van der Waals surface area contributed by atoms with Crippen molar-refractivity contribution in [1.82, 2.24) is 9.80 Å². The van der Waals surface area contributed by atoms with Crippen molar-refractivity contribution >= 4 is 5.91 Å². The highest BCUT2D eigenvalue weighted by Crippen LogP contribution is 2.23. The number of carbonyl (C=O) groups is 1. The van der Waals surface area contributed by atoms with Crippen LogP contribution in [-0.2, 0) is 4.74 Å². The molecule has 6 nitrogen and oxygen atoms in total. The Morgan fingerprint density at radius 3 is 2.56 bits per heavy atom. The highest BCUT2D eigenvalue weighted by molar-refractivity contribution is 5.95. The maximum Gasteiger partial charge on any atom is 0.254 e. The van der Waals surface area contributed by atoms with E-state index in [0.29, 0.717) is 19.7 Å². The molecule has 3 atom stereocenters. The molecule has 0 spiro atoms. The van der Waals surface area contributed by atoms with E-state index in [1.54, 1.807) is 0 Å². The van der Waals surface area contributed by atoms with Crippen LogP contribution in [0.3, 0.4) is 0 Å². The number of aliphatic hydroxyl groups excluding tert-OH is 2. The Labute approximate surface area is 149 Å². The number of nitrogens with zero attached hydrogens (tertiary/aromatic N) is 2. The Kier molecular flexibility index (Phi) is 5.74. The number of aliphatic hydroxyl groups is 2. The Hall–Kier alpha value is -1.47. The molecule has 0 bridgehead atoms. The average Bonchev–Trinajstić information content (AvgIpc) is 2.63. The molecule has 2 aliphatic heterocycles. The molecule has 2 fully saturated rings. The van der Waals surface area contributed by atoms with Gasteiger partial charge in [-0.1, -0.05) is 18.2 Å². The summed E-state index contributed by atoms with van der Waals surface area (Å²) in [5.41, 5.74) is 1.77. The van der Waals surface area contributed by atoms with Crippen molar-refractivity contribution < 1.29 is 19.7 Å². The van der Waals surface area contributed by atoms with Gasteiger partial charge in [0, 0.05) is 24.7 Å². The van der Waals surface area contributed by atoms with Crippen LogP contribution in [0.1, 0.15) is 28.8 Å². The van der Waals surface area contributed by atoms with Gasteiger partial charge >= 0.3 is 0 Å². The van der Waals surface area contributed by atoms with E-state index in [1.807, 2.05) is 43.1 Å². The first-order valence-corrected chi connectivity index (χ1v) is 8.99. The van der Waals surface area contributed by atoms with Crippen molar-refractivity contribution in [1.29, 1.82) is 0 Å². The van der Waals surface area contributed by atoms with Crippen molar-refractivity contribution in [2.75, 3.05) is 33.4 Å². The molecule has 1 aromatic carbocycles. The van der Waals surface area contributed by atoms with Gasteiger partial charge in [0.1, 0.15) is 6.10 Å². The number of likely N-dealkylation sites (tertiary alicyclic amines) is 1. The van der Waals surface area contributed by atoms with Crippen LogP contribution < -0.4 is 0 Å². The summed E-state index contributed by atoms with van der Waals surface area (Å²) in [7, 11) is 1.97. The third kappa shape index (κ3) is 3.87. The van der Waals surface area contributed by atoms with Gasteiger partial charge < -0.3 is 19.8 Å². The molecule has 2 saturated heterocycles. The molecule has 0 radical (unpaired) electrons. The Morgan fingerprint density at radius 1 is 1.20 bits per heavy atom. The smallest absolute Gasteiger partial charge is 0.254 e. The molecule has 2 N–H and O–H groups in total. The lowest BCUT2D eigenvalue weighted by molar-refractivity contribution is -0.136. The molecule has 0 saturated carbocycles. The number of rotatable bonds is 3. The lowest BCUT2D eigenvalue weighted by Gasteiger charge is -2.44. The van der Waals surface area contributed by atoms with E-state index >= 15 is 0 Å². The number of hydrogen-bond acceptors (Lipinski definition) is 5. The second-order valence-corrected chi connectivity index (χ2v) is 7.17. The second-order valence-electron chi connectivity index (χ2n) is 7.17. The number of ether oxygens (including phenoxy) is 1. The highest BCUT2D eigenvalue weighted by atomic mass is 16.5. The molecule has 0 aliphatic carbocycles. The van der Waals surface area contributed by atoms with Crippen molar-refractivity contribution in [3.05, 3.63) is 35.4 Å². The summed E-state index contributed by atoms with van der Waals surface area (Å²) < 4.78 is 5.39. The average molecular weight is 348 g/mol. The molecular formula is C19H28N2O4. The second kappa shape index (κ2) is 7.83. The van der Waals surface area contributed by atoms with Gasteiger partial charge in [-0.2, -0.15) is 0 Å². The summed E-state index contributed by atoms with van der Waals surface area (Å²) >= 11 is 0. The first-order chi connectivity index (χ1) is 12.0. The SMILES string of the molecule is Cc1ccccc1C(=O)N1CCC(N(C)[C@@H]2COC[C@@H](O)[C@H]2O)CC1. The summed E-state index contributed by atoms with van der Waals surface area (Å²) in [5, 5.41) is 20.0. The summed E-state index contributed by atoms with van der Waals surface area (Å²) in [6.45, 7) is 3.98. The third-order valence-electron chi connectivity index (χ3n) is 5.59. The Balaban J connectivity index is 1.58. The molecule has 6 heteroatoms. The Morgan fingerprint density at radius 2 is 1.88 bits per heavy atom. The van der Waals surface area contributed by atoms with Gasteiger partial charge in [0.05, 0.1) is 25.4 Å². The number of carbonyl (C=O) groups excluding carboxylic acids is 1. The largest absolute Gasteiger partial charge is 0.389 e. The van der Waals surface area contributed by atoms with Crippen LogP contribution in [0.2, 0.25) is 0 Å². The van der Waals surface area contributed by atoms with E-state index in [0.717, 1.165) is 24.0 Å². The van der Waals surface area contributed by atoms with Gasteiger partial charge in [-0.3, -0.25) is 9.69 Å². The molecule has 2 heterocycles. The molecule has 0 unspecified atom stereocenters. The van der Waals surface area contributed by atoms with Crippen molar-refractivity contribution in [3.8, 4) is 0 Å². The lowest BCUT2D eigenvalue weighted by atomic mass is 9.96. The normalized spacial score (nSPS) is 28.4. The first-order valence-electron chi connectivity index (χ1n) is 8.99. The number of aryl methyl sites for hydroxylation is 1. The van der Waals surface area contributed by atoms with Crippen LogP contribution in [0.5, 0.6) is 0 Å². The number of amides is 1. The summed E-state index contributed by atoms with van der Waals surface area (Å²) in [6, 6.07) is 7.76. The fraction of sp³-hybridized carbons (Fsp3) is 0.632. The minimum Gasteiger partial charge on any atom is -0.389 e. The zero-order chi connectivity index (χ0) is 18.0. The minimum atomic E-state index is -0.830. The monoisotopic (exact) mass is 348 g/mol. The van der Waals surface area contributed by atoms with Crippen LogP contribution in [0.4, 0.5) is 0 Å². The van der Waals surface area contributed by atoms with Crippen LogP contribution >= 0.6 is 0 Å². The van der Waals surface area contributed by atoms with E-state index in [1.165, 1.54) is 0 Å². The molecule has 1 amide bonds. The van der Waals surface area contributed by atoms with Crippen LogP contribution in [0.25, 0.3) is 0 Å². The maximum atomic E-state index is 12.7. The topological polar surface area (TPSA) is 73.2 Å². The number of piperidine rings is 1. The fourth-order valence-electron chi connectivity index (χ4n) is 3.85. The van der Waals surface area contributed by atoms with Crippen molar-refractivity contribution in [3.63, 3.8) is 0 Å².